The second-order valence-corrected chi connectivity index (χ2v) is 13.1. The molecule has 0 saturated carbocycles. The van der Waals surface area contributed by atoms with Crippen LogP contribution in [0.2, 0.25) is 0 Å². The molecule has 0 rings (SSSR count). The predicted molar refractivity (Wildman–Crippen MR) is 194 cm³/mol. The Morgan fingerprint density at radius 2 is 0.978 bits per heavy atom. The summed E-state index contributed by atoms with van der Waals surface area (Å²) < 4.78 is 0. The van der Waals surface area contributed by atoms with Crippen LogP contribution in [0.5, 0.6) is 0 Å². The maximum absolute atomic E-state index is 12.3. The minimum Gasteiger partial charge on any atom is -0.394 e. The maximum Gasteiger partial charge on any atom is 0.220 e. The van der Waals surface area contributed by atoms with E-state index in [1.807, 2.05) is 0 Å². The average molecular weight is 634 g/mol. The Labute approximate surface area is 279 Å². The Balaban J connectivity index is 3.64. The van der Waals surface area contributed by atoms with Crippen LogP contribution < -0.4 is 5.32 Å². The Kier molecular flexibility index (Phi) is 34.3. The lowest BCUT2D eigenvalue weighted by Gasteiger charge is -2.26. The van der Waals surface area contributed by atoms with Gasteiger partial charge in [0.1, 0.15) is 6.10 Å². The maximum atomic E-state index is 12.3. The van der Waals surface area contributed by atoms with E-state index in [1.165, 1.54) is 109 Å². The standard InChI is InChI=1S/C40H75NO4/c1-3-5-7-9-11-13-14-15-16-17-18-19-20-21-22-23-24-25-27-29-31-33-35-39(44)41-37(36-42)40(45)38(43)34-32-30-28-26-12-10-8-6-4-2/h6,8,20-21,26,28,37-38,40,42-43,45H,3-5,7,9-19,22-25,27,29-36H2,1-2H3,(H,41,44)/b8-6+,21-20-,28-26+. The van der Waals surface area contributed by atoms with Gasteiger partial charge in [0.2, 0.25) is 5.91 Å². The number of carbonyl (C=O) groups excluding carboxylic acids is 1. The minimum atomic E-state index is -1.17. The molecule has 0 aromatic rings. The number of aliphatic hydroxyl groups excluding tert-OH is 3. The summed E-state index contributed by atoms with van der Waals surface area (Å²) in [5, 5.41) is 33.2. The third kappa shape index (κ3) is 31.0. The van der Waals surface area contributed by atoms with E-state index in [0.29, 0.717) is 12.8 Å². The van der Waals surface area contributed by atoms with Gasteiger partial charge in [-0.1, -0.05) is 147 Å². The van der Waals surface area contributed by atoms with Gasteiger partial charge in [0.25, 0.3) is 0 Å². The van der Waals surface area contributed by atoms with Crippen LogP contribution in [0.15, 0.2) is 36.5 Å². The molecule has 5 heteroatoms. The third-order valence-corrected chi connectivity index (χ3v) is 8.70. The highest BCUT2D eigenvalue weighted by molar-refractivity contribution is 5.76. The number of amides is 1. The second kappa shape index (κ2) is 35.4. The number of hydrogen-bond acceptors (Lipinski definition) is 4. The van der Waals surface area contributed by atoms with Crippen molar-refractivity contribution in [3.05, 3.63) is 36.5 Å². The lowest BCUT2D eigenvalue weighted by atomic mass is 10.0. The van der Waals surface area contributed by atoms with Crippen LogP contribution in [-0.4, -0.2) is 46.1 Å². The van der Waals surface area contributed by atoms with Gasteiger partial charge >= 0.3 is 0 Å². The van der Waals surface area contributed by atoms with Crippen molar-refractivity contribution in [2.24, 2.45) is 0 Å². The fourth-order valence-electron chi connectivity index (χ4n) is 5.71. The first-order valence-corrected chi connectivity index (χ1v) is 19.3. The number of allylic oxidation sites excluding steroid dienone is 6. The second-order valence-electron chi connectivity index (χ2n) is 13.1. The van der Waals surface area contributed by atoms with Crippen molar-refractivity contribution in [2.45, 2.75) is 205 Å². The summed E-state index contributed by atoms with van der Waals surface area (Å²) in [7, 11) is 0. The highest BCUT2D eigenvalue weighted by Gasteiger charge is 2.26. The minimum absolute atomic E-state index is 0.166. The lowest BCUT2D eigenvalue weighted by Crippen LogP contribution is -2.50. The summed E-state index contributed by atoms with van der Waals surface area (Å²) in [6.45, 7) is 4.02. The number of unbranched alkanes of at least 4 members (excludes halogenated alkanes) is 20. The third-order valence-electron chi connectivity index (χ3n) is 8.70. The molecule has 4 N–H and O–H groups in total. The van der Waals surface area contributed by atoms with E-state index in [-0.39, 0.29) is 12.5 Å². The van der Waals surface area contributed by atoms with Gasteiger partial charge in [-0.25, -0.2) is 0 Å². The molecule has 0 aliphatic heterocycles. The van der Waals surface area contributed by atoms with Gasteiger partial charge in [0.15, 0.2) is 0 Å². The molecule has 0 aromatic carbocycles. The molecule has 0 aliphatic carbocycles. The van der Waals surface area contributed by atoms with Crippen molar-refractivity contribution in [1.82, 2.24) is 5.32 Å². The Morgan fingerprint density at radius 1 is 0.556 bits per heavy atom. The van der Waals surface area contributed by atoms with E-state index >= 15 is 0 Å². The van der Waals surface area contributed by atoms with Gasteiger partial charge in [-0.05, 0) is 70.6 Å². The molecule has 3 atom stereocenters. The molecular weight excluding hydrogens is 558 g/mol. The molecule has 0 fully saturated rings. The zero-order chi connectivity index (χ0) is 33.1. The van der Waals surface area contributed by atoms with Crippen molar-refractivity contribution in [1.29, 1.82) is 0 Å². The summed E-state index contributed by atoms with van der Waals surface area (Å²) >= 11 is 0. The van der Waals surface area contributed by atoms with Crippen LogP contribution in [0, 0.1) is 0 Å². The van der Waals surface area contributed by atoms with Crippen LogP contribution in [0.25, 0.3) is 0 Å². The number of nitrogens with one attached hydrogen (secondary N) is 1. The fraction of sp³-hybridized carbons (Fsp3) is 0.825. The van der Waals surface area contributed by atoms with Crippen LogP contribution in [0.1, 0.15) is 187 Å². The molecule has 0 spiro atoms. The number of rotatable bonds is 34. The summed E-state index contributed by atoms with van der Waals surface area (Å²) in [4.78, 5) is 12.3. The Hall–Kier alpha value is -1.43. The van der Waals surface area contributed by atoms with Crippen molar-refractivity contribution >= 4 is 5.91 Å². The van der Waals surface area contributed by atoms with E-state index in [0.717, 1.165) is 51.4 Å². The van der Waals surface area contributed by atoms with Crippen molar-refractivity contribution in [3.8, 4) is 0 Å². The summed E-state index contributed by atoms with van der Waals surface area (Å²) in [6, 6.07) is -0.831. The molecule has 0 aliphatic rings. The fourth-order valence-corrected chi connectivity index (χ4v) is 5.71. The SMILES string of the molecule is CC/C=C/CC/C=C/CCCC(O)C(O)C(CO)NC(=O)CCCCCCCCC/C=C\CCCCCCCCCCCCC. The van der Waals surface area contributed by atoms with Crippen molar-refractivity contribution in [2.75, 3.05) is 6.61 Å². The van der Waals surface area contributed by atoms with E-state index < -0.39 is 18.2 Å². The molecule has 1 amide bonds. The van der Waals surface area contributed by atoms with Crippen LogP contribution in [0.4, 0.5) is 0 Å². The Morgan fingerprint density at radius 3 is 1.47 bits per heavy atom. The number of hydrogen-bond donors (Lipinski definition) is 4. The van der Waals surface area contributed by atoms with Crippen molar-refractivity contribution in [3.63, 3.8) is 0 Å². The first kappa shape index (κ1) is 43.6. The molecule has 3 unspecified atom stereocenters. The summed E-state index contributed by atoms with van der Waals surface area (Å²) in [6.07, 6.45) is 42.6. The van der Waals surface area contributed by atoms with Gasteiger partial charge in [-0.2, -0.15) is 0 Å². The zero-order valence-corrected chi connectivity index (χ0v) is 29.7. The van der Waals surface area contributed by atoms with Gasteiger partial charge in [-0.3, -0.25) is 4.79 Å². The first-order valence-electron chi connectivity index (χ1n) is 19.3. The largest absolute Gasteiger partial charge is 0.394 e. The van der Waals surface area contributed by atoms with Gasteiger partial charge in [-0.15, -0.1) is 0 Å². The lowest BCUT2D eigenvalue weighted by molar-refractivity contribution is -0.124. The Bertz CT molecular complexity index is 704. The first-order chi connectivity index (χ1) is 22.1. The molecule has 0 saturated heterocycles. The topological polar surface area (TPSA) is 89.8 Å². The van der Waals surface area contributed by atoms with Crippen molar-refractivity contribution < 1.29 is 20.1 Å². The molecule has 0 aromatic heterocycles. The van der Waals surface area contributed by atoms with E-state index in [1.54, 1.807) is 0 Å². The molecule has 0 heterocycles. The van der Waals surface area contributed by atoms with E-state index in [9.17, 15) is 20.1 Å². The molecule has 0 bridgehead atoms. The van der Waals surface area contributed by atoms with Gasteiger partial charge in [0.05, 0.1) is 18.8 Å². The van der Waals surface area contributed by atoms with Gasteiger partial charge < -0.3 is 20.6 Å². The molecule has 45 heavy (non-hydrogen) atoms. The van der Waals surface area contributed by atoms with Crippen LogP contribution >= 0.6 is 0 Å². The summed E-state index contributed by atoms with van der Waals surface area (Å²) in [5.74, 6) is -0.166. The molecule has 0 radical (unpaired) electrons. The monoisotopic (exact) mass is 634 g/mol. The highest BCUT2D eigenvalue weighted by Crippen LogP contribution is 2.14. The molecule has 264 valence electrons. The quantitative estimate of drug-likeness (QED) is 0.0419. The van der Waals surface area contributed by atoms with Gasteiger partial charge in [0, 0.05) is 6.42 Å². The predicted octanol–water partition coefficient (Wildman–Crippen LogP) is 10.4. The van der Waals surface area contributed by atoms with Crippen LogP contribution in [0.3, 0.4) is 0 Å². The normalized spacial score (nSPS) is 14.2. The number of aliphatic hydroxyl groups is 3. The molecular formula is C40H75NO4. The zero-order valence-electron chi connectivity index (χ0n) is 29.7. The average Bonchev–Trinajstić information content (AvgIpc) is 3.04. The van der Waals surface area contributed by atoms with E-state index in [4.69, 9.17) is 0 Å². The number of carbonyl (C=O) groups is 1. The smallest absolute Gasteiger partial charge is 0.220 e. The molecule has 5 nitrogen and oxygen atoms in total. The summed E-state index contributed by atoms with van der Waals surface area (Å²) in [5.41, 5.74) is 0. The highest BCUT2D eigenvalue weighted by atomic mass is 16.3. The van der Waals surface area contributed by atoms with Crippen LogP contribution in [-0.2, 0) is 4.79 Å². The van der Waals surface area contributed by atoms with E-state index in [2.05, 4.69) is 55.6 Å².